The Morgan fingerprint density at radius 2 is 1.66 bits per heavy atom. The van der Waals surface area contributed by atoms with E-state index in [0.717, 1.165) is 31.0 Å². The summed E-state index contributed by atoms with van der Waals surface area (Å²) in [5.74, 6) is 1.91. The van der Waals surface area contributed by atoms with Crippen LogP contribution < -0.4 is 14.8 Å². The Morgan fingerprint density at radius 1 is 0.943 bits per heavy atom. The standard InChI is InChI=1S/C29H33N3O3/c1-20-21(2)32(17-7-16-31(3)4)28-15-14-26(19-27(20)28)35-25-9-6-8-22(18-25)29(33)30-23-10-12-24(34-5)13-11-23/h6,8-15,18-19H,7,16-17H2,1-5H3,(H,30,33). The number of rotatable bonds is 9. The van der Waals surface area contributed by atoms with Crippen molar-refractivity contribution in [2.24, 2.45) is 0 Å². The molecule has 0 saturated heterocycles. The minimum Gasteiger partial charge on any atom is -0.497 e. The maximum atomic E-state index is 12.8. The zero-order chi connectivity index (χ0) is 24.9. The minimum absolute atomic E-state index is 0.197. The normalized spacial score (nSPS) is 11.1. The van der Waals surface area contributed by atoms with Gasteiger partial charge >= 0.3 is 0 Å². The highest BCUT2D eigenvalue weighted by molar-refractivity contribution is 6.04. The molecule has 1 aromatic heterocycles. The monoisotopic (exact) mass is 471 g/mol. The summed E-state index contributed by atoms with van der Waals surface area (Å²) in [6, 6.07) is 20.7. The number of hydrogen-bond donors (Lipinski definition) is 1. The Labute approximate surface area is 207 Å². The summed E-state index contributed by atoms with van der Waals surface area (Å²) in [7, 11) is 5.82. The highest BCUT2D eigenvalue weighted by atomic mass is 16.5. The molecule has 3 aromatic carbocycles. The van der Waals surface area contributed by atoms with Gasteiger partial charge < -0.3 is 24.3 Å². The van der Waals surface area contributed by atoms with Crippen molar-refractivity contribution in [3.8, 4) is 17.2 Å². The molecule has 0 aliphatic heterocycles. The molecular formula is C29H33N3O3. The second-order valence-corrected chi connectivity index (χ2v) is 9.01. The minimum atomic E-state index is -0.197. The lowest BCUT2D eigenvalue weighted by atomic mass is 10.1. The molecule has 0 aliphatic carbocycles. The summed E-state index contributed by atoms with van der Waals surface area (Å²) >= 11 is 0. The fourth-order valence-electron chi connectivity index (χ4n) is 4.24. The van der Waals surface area contributed by atoms with Crippen molar-refractivity contribution in [2.75, 3.05) is 33.1 Å². The Kier molecular flexibility index (Phi) is 7.42. The third kappa shape index (κ3) is 5.66. The van der Waals surface area contributed by atoms with Crippen LogP contribution in [0.4, 0.5) is 5.69 Å². The molecule has 0 bridgehead atoms. The smallest absolute Gasteiger partial charge is 0.255 e. The van der Waals surface area contributed by atoms with Crippen LogP contribution in [0.2, 0.25) is 0 Å². The number of aromatic nitrogens is 1. The maximum Gasteiger partial charge on any atom is 0.255 e. The summed E-state index contributed by atoms with van der Waals surface area (Å²) in [6.45, 7) is 6.38. The SMILES string of the molecule is COc1ccc(NC(=O)c2cccc(Oc3ccc4c(c3)c(C)c(C)n4CCCN(C)C)c2)cc1. The Hall–Kier alpha value is -3.77. The van der Waals surface area contributed by atoms with Gasteiger partial charge in [-0.15, -0.1) is 0 Å². The van der Waals surface area contributed by atoms with E-state index in [1.165, 1.54) is 22.2 Å². The van der Waals surface area contributed by atoms with Gasteiger partial charge in [0.25, 0.3) is 5.91 Å². The van der Waals surface area contributed by atoms with Gasteiger partial charge in [-0.1, -0.05) is 6.07 Å². The predicted molar refractivity (Wildman–Crippen MR) is 142 cm³/mol. The quantitative estimate of drug-likeness (QED) is 0.313. The highest BCUT2D eigenvalue weighted by Crippen LogP contribution is 2.31. The van der Waals surface area contributed by atoms with Gasteiger partial charge in [0, 0.05) is 34.4 Å². The summed E-state index contributed by atoms with van der Waals surface area (Å²) in [6.07, 6.45) is 1.10. The third-order valence-electron chi connectivity index (χ3n) is 6.28. The number of anilines is 1. The number of fused-ring (bicyclic) bond motifs is 1. The molecule has 1 N–H and O–H groups in total. The lowest BCUT2D eigenvalue weighted by Gasteiger charge is -2.12. The van der Waals surface area contributed by atoms with E-state index in [-0.39, 0.29) is 5.91 Å². The van der Waals surface area contributed by atoms with E-state index in [9.17, 15) is 4.79 Å². The lowest BCUT2D eigenvalue weighted by Crippen LogP contribution is -2.15. The number of aryl methyl sites for hydroxylation is 2. The van der Waals surface area contributed by atoms with Crippen LogP contribution in [0.3, 0.4) is 0 Å². The van der Waals surface area contributed by atoms with E-state index in [1.54, 1.807) is 19.2 Å². The zero-order valence-electron chi connectivity index (χ0n) is 21.1. The molecule has 0 radical (unpaired) electrons. The summed E-state index contributed by atoms with van der Waals surface area (Å²) < 4.78 is 13.7. The second-order valence-electron chi connectivity index (χ2n) is 9.01. The Morgan fingerprint density at radius 3 is 2.37 bits per heavy atom. The number of ether oxygens (including phenoxy) is 2. The zero-order valence-corrected chi connectivity index (χ0v) is 21.1. The molecule has 0 unspecified atom stereocenters. The molecule has 4 rings (SSSR count). The number of carbonyl (C=O) groups excluding carboxylic acids is 1. The predicted octanol–water partition coefficient (Wildman–Crippen LogP) is 6.26. The Bertz CT molecular complexity index is 1320. The summed E-state index contributed by atoms with van der Waals surface area (Å²) in [5, 5.41) is 4.10. The number of nitrogens with zero attached hydrogens (tertiary/aromatic N) is 2. The molecular weight excluding hydrogens is 438 g/mol. The Balaban J connectivity index is 1.50. The van der Waals surface area contributed by atoms with E-state index in [2.05, 4.69) is 54.9 Å². The van der Waals surface area contributed by atoms with Crippen molar-refractivity contribution in [3.05, 3.63) is 83.6 Å². The average molecular weight is 472 g/mol. The number of amides is 1. The fourth-order valence-corrected chi connectivity index (χ4v) is 4.24. The van der Waals surface area contributed by atoms with Gasteiger partial charge in [-0.3, -0.25) is 4.79 Å². The average Bonchev–Trinajstić information content (AvgIpc) is 3.09. The number of nitrogens with one attached hydrogen (secondary N) is 1. The molecule has 35 heavy (non-hydrogen) atoms. The molecule has 0 atom stereocenters. The van der Waals surface area contributed by atoms with E-state index in [1.807, 2.05) is 42.5 Å². The van der Waals surface area contributed by atoms with Gasteiger partial charge in [-0.2, -0.15) is 0 Å². The van der Waals surface area contributed by atoms with E-state index < -0.39 is 0 Å². The molecule has 0 fully saturated rings. The molecule has 182 valence electrons. The second kappa shape index (κ2) is 10.7. The van der Waals surface area contributed by atoms with Crippen LogP contribution >= 0.6 is 0 Å². The van der Waals surface area contributed by atoms with Crippen LogP contribution in [0.5, 0.6) is 17.2 Å². The van der Waals surface area contributed by atoms with Crippen LogP contribution in [0.15, 0.2) is 66.7 Å². The number of carbonyl (C=O) groups is 1. The van der Waals surface area contributed by atoms with E-state index >= 15 is 0 Å². The van der Waals surface area contributed by atoms with Crippen molar-refractivity contribution in [1.29, 1.82) is 0 Å². The molecule has 0 saturated carbocycles. The first-order valence-electron chi connectivity index (χ1n) is 11.8. The van der Waals surface area contributed by atoms with Crippen LogP contribution in [0, 0.1) is 13.8 Å². The van der Waals surface area contributed by atoms with Crippen molar-refractivity contribution >= 4 is 22.5 Å². The third-order valence-corrected chi connectivity index (χ3v) is 6.28. The molecule has 0 aliphatic rings. The van der Waals surface area contributed by atoms with E-state index in [4.69, 9.17) is 9.47 Å². The van der Waals surface area contributed by atoms with Gasteiger partial charge in [0.2, 0.25) is 0 Å². The topological polar surface area (TPSA) is 55.7 Å². The van der Waals surface area contributed by atoms with Crippen LogP contribution in [0.25, 0.3) is 10.9 Å². The molecule has 6 nitrogen and oxygen atoms in total. The number of benzene rings is 3. The molecule has 0 spiro atoms. The van der Waals surface area contributed by atoms with Crippen LogP contribution in [0.1, 0.15) is 28.0 Å². The van der Waals surface area contributed by atoms with Crippen LogP contribution in [-0.4, -0.2) is 43.1 Å². The maximum absolute atomic E-state index is 12.8. The summed E-state index contributed by atoms with van der Waals surface area (Å²) in [4.78, 5) is 15.0. The van der Waals surface area contributed by atoms with Gasteiger partial charge in [-0.25, -0.2) is 0 Å². The molecule has 1 amide bonds. The summed E-state index contributed by atoms with van der Waals surface area (Å²) in [5.41, 5.74) is 5.00. The number of hydrogen-bond acceptors (Lipinski definition) is 4. The van der Waals surface area contributed by atoms with Gasteiger partial charge in [-0.05, 0) is 107 Å². The molecule has 6 heteroatoms. The van der Waals surface area contributed by atoms with Gasteiger partial charge in [0.1, 0.15) is 17.2 Å². The van der Waals surface area contributed by atoms with Crippen molar-refractivity contribution in [2.45, 2.75) is 26.8 Å². The van der Waals surface area contributed by atoms with Crippen molar-refractivity contribution in [3.63, 3.8) is 0 Å². The first-order valence-corrected chi connectivity index (χ1v) is 11.8. The van der Waals surface area contributed by atoms with Crippen LogP contribution in [-0.2, 0) is 6.54 Å². The first-order chi connectivity index (χ1) is 16.9. The van der Waals surface area contributed by atoms with Crippen molar-refractivity contribution in [1.82, 2.24) is 9.47 Å². The number of methoxy groups -OCH3 is 1. The van der Waals surface area contributed by atoms with E-state index in [0.29, 0.717) is 17.0 Å². The van der Waals surface area contributed by atoms with Gasteiger partial charge in [0.05, 0.1) is 7.11 Å². The molecule has 1 heterocycles. The fraction of sp³-hybridized carbons (Fsp3) is 0.276. The first kappa shape index (κ1) is 24.4. The van der Waals surface area contributed by atoms with Gasteiger partial charge in [0.15, 0.2) is 0 Å². The molecule has 4 aromatic rings. The largest absolute Gasteiger partial charge is 0.497 e. The highest BCUT2D eigenvalue weighted by Gasteiger charge is 2.13. The van der Waals surface area contributed by atoms with Crippen molar-refractivity contribution < 1.29 is 14.3 Å². The lowest BCUT2D eigenvalue weighted by molar-refractivity contribution is 0.102.